The summed E-state index contributed by atoms with van der Waals surface area (Å²) in [6.45, 7) is 7.21. The van der Waals surface area contributed by atoms with Gasteiger partial charge in [0.05, 0.1) is 38.1 Å². The van der Waals surface area contributed by atoms with Gasteiger partial charge in [-0.1, -0.05) is 30.1 Å². The number of fused-ring (bicyclic) bond motifs is 2. The number of carbonyl (C=O) groups is 1. The molecule has 1 aliphatic heterocycles. The van der Waals surface area contributed by atoms with E-state index in [1.165, 1.54) is 0 Å². The summed E-state index contributed by atoms with van der Waals surface area (Å²) in [4.78, 5) is 21.8. The number of phenols is 1. The van der Waals surface area contributed by atoms with E-state index in [2.05, 4.69) is 17.8 Å². The maximum Gasteiger partial charge on any atom is 0.239 e. The first-order valence-corrected chi connectivity index (χ1v) is 17.8. The van der Waals surface area contributed by atoms with Gasteiger partial charge in [0.2, 0.25) is 11.7 Å². The lowest BCUT2D eigenvalue weighted by Crippen LogP contribution is -2.70. The normalized spacial score (nSPS) is 28.2. The molecule has 266 valence electrons. The molecule has 48 heavy (non-hydrogen) atoms. The van der Waals surface area contributed by atoms with E-state index < -0.39 is 17.7 Å². The Morgan fingerprint density at radius 1 is 1.10 bits per heavy atom. The second-order valence-corrected chi connectivity index (χ2v) is 13.4. The first-order chi connectivity index (χ1) is 23.4. The van der Waals surface area contributed by atoms with Gasteiger partial charge in [0, 0.05) is 43.6 Å². The lowest BCUT2D eigenvalue weighted by molar-refractivity contribution is -0.258. The van der Waals surface area contributed by atoms with Crippen LogP contribution in [0.25, 0.3) is 0 Å². The Balaban J connectivity index is 1.72. The lowest BCUT2D eigenvalue weighted by Gasteiger charge is -2.60. The first kappa shape index (κ1) is 36.3. The molecule has 6 unspecified atom stereocenters. The van der Waals surface area contributed by atoms with Gasteiger partial charge in [-0.15, -0.1) is 6.58 Å². The van der Waals surface area contributed by atoms with Crippen LogP contribution in [0.15, 0.2) is 47.7 Å². The van der Waals surface area contributed by atoms with E-state index in [4.69, 9.17) is 19.0 Å². The number of allylic oxidation sites excluding steroid dienone is 1. The number of phenolic OH excluding ortho intramolecular Hbond substituents is 1. The Morgan fingerprint density at radius 2 is 1.88 bits per heavy atom. The fourth-order valence-electron chi connectivity index (χ4n) is 8.11. The Kier molecular flexibility index (Phi) is 13.0. The number of aromatic hydroxyl groups is 1. The molecule has 4 aliphatic rings. The van der Waals surface area contributed by atoms with Crippen molar-refractivity contribution in [3.63, 3.8) is 0 Å². The van der Waals surface area contributed by atoms with Crippen LogP contribution >= 0.6 is 0 Å². The van der Waals surface area contributed by atoms with Gasteiger partial charge in [-0.3, -0.25) is 4.79 Å². The van der Waals surface area contributed by atoms with E-state index in [9.17, 15) is 25.2 Å². The Bertz CT molecular complexity index is 1300. The number of carbonyl (C=O) groups excluding carboxylic acids is 1. The van der Waals surface area contributed by atoms with Crippen molar-refractivity contribution in [2.45, 2.75) is 82.5 Å². The van der Waals surface area contributed by atoms with Crippen molar-refractivity contribution >= 4 is 11.6 Å². The number of rotatable bonds is 20. The van der Waals surface area contributed by atoms with Gasteiger partial charge in [-0.05, 0) is 81.1 Å². The van der Waals surface area contributed by atoms with Crippen LogP contribution in [0.1, 0.15) is 76.2 Å². The molecule has 0 bridgehead atoms. The molecule has 3 aliphatic carbocycles. The average Bonchev–Trinajstić information content (AvgIpc) is 3.94. The summed E-state index contributed by atoms with van der Waals surface area (Å²) in [6.07, 6.45) is 10.7. The lowest BCUT2D eigenvalue weighted by atomic mass is 9.55. The third kappa shape index (κ3) is 7.75. The number of hydrogen-bond donors (Lipinski definition) is 4. The quantitative estimate of drug-likeness (QED) is 0.0905. The van der Waals surface area contributed by atoms with Crippen LogP contribution in [-0.4, -0.2) is 102 Å². The SMILES string of the molecule is C=CCOC12Oc3ccc(O)cc3C3C(CCCCO)C(CCCCO)C=C(C(=NOCC)CC1N(CCOCCO)C(=O)C1CC1)C32. The molecule has 2 saturated carbocycles. The summed E-state index contributed by atoms with van der Waals surface area (Å²) in [5.74, 6) is -1.03. The molecule has 1 amide bonds. The van der Waals surface area contributed by atoms with Gasteiger partial charge in [-0.25, -0.2) is 0 Å². The monoisotopic (exact) mass is 670 g/mol. The van der Waals surface area contributed by atoms with E-state index >= 15 is 0 Å². The number of nitrogens with zero attached hydrogens (tertiary/aromatic N) is 2. The van der Waals surface area contributed by atoms with Gasteiger partial charge in [-0.2, -0.15) is 0 Å². The Morgan fingerprint density at radius 3 is 2.56 bits per heavy atom. The molecule has 0 aromatic heterocycles. The van der Waals surface area contributed by atoms with Crippen LogP contribution in [0.2, 0.25) is 0 Å². The maximum absolute atomic E-state index is 14.2. The highest BCUT2D eigenvalue weighted by molar-refractivity contribution is 6.03. The maximum atomic E-state index is 14.2. The summed E-state index contributed by atoms with van der Waals surface area (Å²) in [7, 11) is 0. The van der Waals surface area contributed by atoms with Gasteiger partial charge in [0.25, 0.3) is 0 Å². The Hall–Kier alpha value is -2.96. The first-order valence-electron chi connectivity index (χ1n) is 17.8. The summed E-state index contributed by atoms with van der Waals surface area (Å²) in [5, 5.41) is 44.2. The fraction of sp³-hybridized carbons (Fsp3) is 0.676. The van der Waals surface area contributed by atoms with Crippen LogP contribution in [0.4, 0.5) is 0 Å². The number of ether oxygens (including phenoxy) is 3. The summed E-state index contributed by atoms with van der Waals surface area (Å²) < 4.78 is 19.7. The molecule has 0 radical (unpaired) electrons. The van der Waals surface area contributed by atoms with E-state index in [1.54, 1.807) is 24.3 Å². The minimum absolute atomic E-state index is 0.0196. The molecule has 0 spiro atoms. The van der Waals surface area contributed by atoms with Gasteiger partial charge in [0.15, 0.2) is 0 Å². The van der Waals surface area contributed by atoms with E-state index in [-0.39, 0.29) is 81.5 Å². The smallest absolute Gasteiger partial charge is 0.239 e. The molecule has 11 heteroatoms. The van der Waals surface area contributed by atoms with Crippen molar-refractivity contribution in [1.29, 1.82) is 0 Å². The van der Waals surface area contributed by atoms with Crippen molar-refractivity contribution < 1.29 is 44.3 Å². The van der Waals surface area contributed by atoms with Crippen molar-refractivity contribution in [3.8, 4) is 11.5 Å². The van der Waals surface area contributed by atoms with Crippen molar-refractivity contribution in [3.05, 3.63) is 48.1 Å². The third-order valence-electron chi connectivity index (χ3n) is 10.3. The molecular formula is C37H54N2O9. The topological polar surface area (TPSA) is 151 Å². The average molecular weight is 671 g/mol. The molecule has 4 N–H and O–H groups in total. The number of amides is 1. The minimum Gasteiger partial charge on any atom is -0.508 e. The van der Waals surface area contributed by atoms with Crippen LogP contribution in [0, 0.1) is 23.7 Å². The fourth-order valence-corrected chi connectivity index (χ4v) is 8.11. The largest absolute Gasteiger partial charge is 0.508 e. The molecule has 11 nitrogen and oxygen atoms in total. The predicted molar refractivity (Wildman–Crippen MR) is 181 cm³/mol. The highest BCUT2D eigenvalue weighted by atomic mass is 16.7. The van der Waals surface area contributed by atoms with Gasteiger partial charge in [0.1, 0.15) is 24.1 Å². The number of oxime groups is 1. The molecule has 1 heterocycles. The molecule has 1 aromatic rings. The van der Waals surface area contributed by atoms with Crippen LogP contribution < -0.4 is 4.74 Å². The molecule has 1 aromatic carbocycles. The number of unbranched alkanes of at least 4 members (excludes halogenated alkanes) is 2. The summed E-state index contributed by atoms with van der Waals surface area (Å²) in [6, 6.07) is 4.61. The zero-order valence-electron chi connectivity index (χ0n) is 28.3. The second kappa shape index (κ2) is 17.1. The zero-order chi connectivity index (χ0) is 34.1. The molecule has 2 fully saturated rings. The summed E-state index contributed by atoms with van der Waals surface area (Å²) >= 11 is 0. The van der Waals surface area contributed by atoms with Crippen molar-refractivity contribution in [2.75, 3.05) is 52.8 Å². The Labute approximate surface area is 284 Å². The molecule has 5 rings (SSSR count). The van der Waals surface area contributed by atoms with Crippen molar-refractivity contribution in [2.24, 2.45) is 28.8 Å². The van der Waals surface area contributed by atoms with Crippen LogP contribution in [-0.2, 0) is 19.1 Å². The molecule has 0 saturated heterocycles. The number of aliphatic hydroxyl groups is 3. The number of benzene rings is 1. The van der Waals surface area contributed by atoms with Crippen LogP contribution in [0.5, 0.6) is 11.5 Å². The van der Waals surface area contributed by atoms with E-state index in [0.29, 0.717) is 31.6 Å². The second-order valence-electron chi connectivity index (χ2n) is 13.4. The van der Waals surface area contributed by atoms with Gasteiger partial charge >= 0.3 is 0 Å². The zero-order valence-corrected chi connectivity index (χ0v) is 28.3. The number of aliphatic hydroxyl groups excluding tert-OH is 3. The van der Waals surface area contributed by atoms with Crippen LogP contribution in [0.3, 0.4) is 0 Å². The minimum atomic E-state index is -1.33. The molecular weight excluding hydrogens is 616 g/mol. The highest BCUT2D eigenvalue weighted by Crippen LogP contribution is 2.62. The van der Waals surface area contributed by atoms with Gasteiger partial charge < -0.3 is 44.4 Å². The standard InChI is InChI=1S/C37H54N2O9/c1-3-19-46-37-33(39(15-20-45-21-18-42)36(44)25-11-12-25)24-31(38-47-4-2)29-22-26(9-5-7-16-40)28(10-6-8-17-41)34(35(29)37)30-23-27(43)13-14-32(30)48-37/h3,13-14,22-23,25-26,28,33-35,40-43H,1,4-12,15-21,24H2,2H3. The molecule has 6 atom stereocenters. The highest BCUT2D eigenvalue weighted by Gasteiger charge is 2.65. The number of hydrogen-bond acceptors (Lipinski definition) is 10. The predicted octanol–water partition coefficient (Wildman–Crippen LogP) is 4.29. The summed E-state index contributed by atoms with van der Waals surface area (Å²) in [5.41, 5.74) is 2.59. The van der Waals surface area contributed by atoms with E-state index in [1.807, 2.05) is 11.8 Å². The third-order valence-corrected chi connectivity index (χ3v) is 10.3. The van der Waals surface area contributed by atoms with E-state index in [0.717, 1.165) is 55.4 Å². The van der Waals surface area contributed by atoms with Crippen molar-refractivity contribution in [1.82, 2.24) is 4.90 Å².